The summed E-state index contributed by atoms with van der Waals surface area (Å²) in [4.78, 5) is 29.7. The quantitative estimate of drug-likeness (QED) is 0.215. The largest absolute Gasteiger partial charge is 0.354 e. The van der Waals surface area contributed by atoms with E-state index in [1.165, 1.54) is 4.90 Å². The molecule has 0 radical (unpaired) electrons. The molecule has 0 heterocycles. The number of rotatable bonds is 13. The number of aryl methyl sites for hydroxylation is 2. The first-order valence-corrected chi connectivity index (χ1v) is 15.9. The second kappa shape index (κ2) is 14.6. The van der Waals surface area contributed by atoms with Gasteiger partial charge >= 0.3 is 0 Å². The Hall–Kier alpha value is -4.43. The molecule has 0 fully saturated rings. The summed E-state index contributed by atoms with van der Waals surface area (Å²) in [5, 5.41) is 2.97. The number of nitrogens with zero attached hydrogens (tertiary/aromatic N) is 2. The van der Waals surface area contributed by atoms with Gasteiger partial charge < -0.3 is 10.2 Å². The Morgan fingerprint density at radius 1 is 0.791 bits per heavy atom. The molecule has 224 valence electrons. The number of para-hydroxylation sites is 1. The molecule has 0 saturated carbocycles. The lowest BCUT2D eigenvalue weighted by Gasteiger charge is -2.34. The molecular weight excluding hydrogens is 558 g/mol. The second-order valence-electron chi connectivity index (χ2n) is 10.6. The summed E-state index contributed by atoms with van der Waals surface area (Å²) in [6.07, 6.45) is 1.02. The molecule has 4 aromatic rings. The van der Waals surface area contributed by atoms with Gasteiger partial charge in [0.1, 0.15) is 12.6 Å². The van der Waals surface area contributed by atoms with Gasteiger partial charge in [0, 0.05) is 19.5 Å². The van der Waals surface area contributed by atoms with Crippen molar-refractivity contribution < 1.29 is 18.0 Å². The highest BCUT2D eigenvalue weighted by atomic mass is 32.2. The zero-order valence-corrected chi connectivity index (χ0v) is 25.8. The molecule has 7 nitrogen and oxygen atoms in total. The van der Waals surface area contributed by atoms with Crippen LogP contribution in [0.1, 0.15) is 35.6 Å². The lowest BCUT2D eigenvalue weighted by atomic mass is 10.0. The summed E-state index contributed by atoms with van der Waals surface area (Å²) in [7, 11) is -4.11. The third-order valence-corrected chi connectivity index (χ3v) is 9.14. The minimum absolute atomic E-state index is 0.0849. The fourth-order valence-corrected chi connectivity index (χ4v) is 6.27. The molecule has 0 unspecified atom stereocenters. The molecule has 0 spiro atoms. The van der Waals surface area contributed by atoms with Gasteiger partial charge in [-0.3, -0.25) is 13.9 Å². The molecule has 4 rings (SSSR count). The van der Waals surface area contributed by atoms with E-state index in [1.54, 1.807) is 54.6 Å². The molecule has 8 heteroatoms. The van der Waals surface area contributed by atoms with E-state index in [2.05, 4.69) is 5.32 Å². The van der Waals surface area contributed by atoms with E-state index in [0.29, 0.717) is 12.2 Å². The van der Waals surface area contributed by atoms with Gasteiger partial charge in [0.15, 0.2) is 0 Å². The summed E-state index contributed by atoms with van der Waals surface area (Å²) in [6, 6.07) is 31.5. The van der Waals surface area contributed by atoms with Crippen molar-refractivity contribution in [1.82, 2.24) is 10.2 Å². The van der Waals surface area contributed by atoms with Gasteiger partial charge in [0.05, 0.1) is 10.6 Å². The Morgan fingerprint density at radius 3 is 2.02 bits per heavy atom. The highest BCUT2D eigenvalue weighted by Gasteiger charge is 2.34. The number of nitrogens with one attached hydrogen (secondary N) is 1. The average Bonchev–Trinajstić information content (AvgIpc) is 3.02. The summed E-state index contributed by atoms with van der Waals surface area (Å²) >= 11 is 0. The number of carbonyl (C=O) groups excluding carboxylic acids is 2. The molecule has 4 aromatic carbocycles. The van der Waals surface area contributed by atoms with Gasteiger partial charge in [-0.2, -0.15) is 0 Å². The van der Waals surface area contributed by atoms with E-state index in [4.69, 9.17) is 0 Å². The molecule has 0 aromatic heterocycles. The van der Waals surface area contributed by atoms with E-state index in [-0.39, 0.29) is 23.8 Å². The van der Waals surface area contributed by atoms with Gasteiger partial charge in [-0.1, -0.05) is 97.4 Å². The Balaban J connectivity index is 1.78. The summed E-state index contributed by atoms with van der Waals surface area (Å²) < 4.78 is 29.2. The van der Waals surface area contributed by atoms with Crippen molar-refractivity contribution in [2.24, 2.45) is 0 Å². The molecule has 0 aliphatic heterocycles. The molecule has 1 N–H and O–H groups in total. The monoisotopic (exact) mass is 597 g/mol. The molecule has 0 aliphatic carbocycles. The first-order valence-electron chi connectivity index (χ1n) is 14.5. The Kier molecular flexibility index (Phi) is 10.7. The van der Waals surface area contributed by atoms with Crippen LogP contribution in [-0.2, 0) is 32.6 Å². The van der Waals surface area contributed by atoms with Crippen molar-refractivity contribution in [1.29, 1.82) is 0 Å². The van der Waals surface area contributed by atoms with Gasteiger partial charge in [-0.05, 0) is 61.2 Å². The van der Waals surface area contributed by atoms with E-state index >= 15 is 0 Å². The van der Waals surface area contributed by atoms with E-state index in [9.17, 15) is 18.0 Å². The predicted octanol–water partition coefficient (Wildman–Crippen LogP) is 5.67. The maximum atomic E-state index is 14.4. The third kappa shape index (κ3) is 8.11. The van der Waals surface area contributed by atoms with Crippen LogP contribution in [0.4, 0.5) is 5.69 Å². The number of benzene rings is 4. The summed E-state index contributed by atoms with van der Waals surface area (Å²) in [5.41, 5.74) is 4.04. The van der Waals surface area contributed by atoms with Crippen LogP contribution >= 0.6 is 0 Å². The fraction of sp³-hybridized carbons (Fsp3) is 0.257. The SMILES string of the molecule is CCCNC(=O)[C@H](Cc1ccccc1)N(Cc1ccccc1C)C(=O)CN(c1ccccc1)S(=O)(=O)c1ccc(C)cc1. The standard InChI is InChI=1S/C35H39N3O4S/c1-4-23-36-35(40)33(24-29-14-7-5-8-15-29)37(25-30-16-12-11-13-28(30)3)34(39)26-38(31-17-9-6-10-18-31)43(41,42)32-21-19-27(2)20-22-32/h5-22,33H,4,23-26H2,1-3H3,(H,36,40)/t33-/m0/s1. The average molecular weight is 598 g/mol. The lowest BCUT2D eigenvalue weighted by molar-refractivity contribution is -0.140. The smallest absolute Gasteiger partial charge is 0.264 e. The van der Waals surface area contributed by atoms with Crippen LogP contribution < -0.4 is 9.62 Å². The Bertz CT molecular complexity index is 1610. The van der Waals surface area contributed by atoms with Crippen LogP contribution in [0.2, 0.25) is 0 Å². The van der Waals surface area contributed by atoms with Gasteiger partial charge in [0.2, 0.25) is 11.8 Å². The minimum atomic E-state index is -4.11. The molecule has 0 bridgehead atoms. The number of carbonyl (C=O) groups is 2. The van der Waals surface area contributed by atoms with Crippen LogP contribution in [0.15, 0.2) is 114 Å². The van der Waals surface area contributed by atoms with Gasteiger partial charge in [-0.15, -0.1) is 0 Å². The highest BCUT2D eigenvalue weighted by Crippen LogP contribution is 2.25. The van der Waals surface area contributed by atoms with Crippen LogP contribution in [0, 0.1) is 13.8 Å². The maximum absolute atomic E-state index is 14.4. The van der Waals surface area contributed by atoms with Crippen molar-refractivity contribution in [3.8, 4) is 0 Å². The van der Waals surface area contributed by atoms with E-state index in [1.807, 2.05) is 75.4 Å². The first kappa shape index (κ1) is 31.5. The Labute approximate surface area is 255 Å². The van der Waals surface area contributed by atoms with E-state index in [0.717, 1.165) is 33.0 Å². The molecular formula is C35H39N3O4S. The minimum Gasteiger partial charge on any atom is -0.354 e. The number of amides is 2. The normalized spacial score (nSPS) is 11.9. The number of sulfonamides is 1. The van der Waals surface area contributed by atoms with Gasteiger partial charge in [-0.25, -0.2) is 8.42 Å². The maximum Gasteiger partial charge on any atom is 0.264 e. The Morgan fingerprint density at radius 2 is 1.40 bits per heavy atom. The van der Waals surface area contributed by atoms with Crippen LogP contribution in [0.25, 0.3) is 0 Å². The zero-order valence-electron chi connectivity index (χ0n) is 24.9. The number of anilines is 1. The first-order chi connectivity index (χ1) is 20.7. The topological polar surface area (TPSA) is 86.8 Å². The molecule has 0 aliphatic rings. The third-order valence-electron chi connectivity index (χ3n) is 7.35. The van der Waals surface area contributed by atoms with Crippen LogP contribution in [0.3, 0.4) is 0 Å². The fourth-order valence-electron chi connectivity index (χ4n) is 4.85. The molecule has 1 atom stereocenters. The predicted molar refractivity (Wildman–Crippen MR) is 171 cm³/mol. The number of hydrogen-bond acceptors (Lipinski definition) is 4. The van der Waals surface area contributed by atoms with Gasteiger partial charge in [0.25, 0.3) is 10.0 Å². The summed E-state index contributed by atoms with van der Waals surface area (Å²) in [6.45, 7) is 5.95. The molecule has 0 saturated heterocycles. The van der Waals surface area contributed by atoms with Crippen molar-refractivity contribution in [2.45, 2.75) is 51.1 Å². The van der Waals surface area contributed by atoms with Crippen molar-refractivity contribution in [2.75, 3.05) is 17.4 Å². The van der Waals surface area contributed by atoms with E-state index < -0.39 is 28.5 Å². The van der Waals surface area contributed by atoms with Crippen molar-refractivity contribution in [3.05, 3.63) is 131 Å². The van der Waals surface area contributed by atoms with Crippen molar-refractivity contribution in [3.63, 3.8) is 0 Å². The van der Waals surface area contributed by atoms with Crippen molar-refractivity contribution >= 4 is 27.5 Å². The lowest BCUT2D eigenvalue weighted by Crippen LogP contribution is -2.53. The van der Waals surface area contributed by atoms with Crippen LogP contribution in [0.5, 0.6) is 0 Å². The summed E-state index contributed by atoms with van der Waals surface area (Å²) in [5.74, 6) is -0.754. The number of hydrogen-bond donors (Lipinski definition) is 1. The highest BCUT2D eigenvalue weighted by molar-refractivity contribution is 7.92. The van der Waals surface area contributed by atoms with Crippen LogP contribution in [-0.4, -0.2) is 44.3 Å². The zero-order chi connectivity index (χ0) is 30.8. The second-order valence-corrected chi connectivity index (χ2v) is 12.5. The molecule has 2 amide bonds. The molecule has 43 heavy (non-hydrogen) atoms.